The number of anilines is 1. The summed E-state index contributed by atoms with van der Waals surface area (Å²) in [5, 5.41) is 11.1. The molecule has 1 amide bonds. The molecular formula is C14H14N2O3S. The maximum absolute atomic E-state index is 12.0. The maximum Gasteiger partial charge on any atom is 0.262 e. The van der Waals surface area contributed by atoms with Crippen molar-refractivity contribution in [1.82, 2.24) is 0 Å². The summed E-state index contributed by atoms with van der Waals surface area (Å²) in [5.41, 5.74) is 1.10. The molecule has 0 saturated carbocycles. The van der Waals surface area contributed by atoms with E-state index in [1.165, 1.54) is 11.8 Å². The number of carbonyl (C=O) groups is 2. The Morgan fingerprint density at radius 3 is 3.15 bits per heavy atom. The summed E-state index contributed by atoms with van der Waals surface area (Å²) in [5.74, 6) is 1.55. The van der Waals surface area contributed by atoms with Crippen molar-refractivity contribution in [3.8, 4) is 11.8 Å². The molecule has 1 aliphatic heterocycles. The first-order valence-electron chi connectivity index (χ1n) is 6.25. The Balaban J connectivity index is 1.92. The quantitative estimate of drug-likeness (QED) is 0.642. The maximum atomic E-state index is 12.0. The molecule has 2 rings (SSSR count). The third kappa shape index (κ3) is 3.75. The second kappa shape index (κ2) is 6.96. The van der Waals surface area contributed by atoms with Gasteiger partial charge < -0.3 is 10.1 Å². The van der Waals surface area contributed by atoms with Crippen molar-refractivity contribution in [3.05, 3.63) is 23.8 Å². The monoisotopic (exact) mass is 290 g/mol. The first-order valence-corrected chi connectivity index (χ1v) is 7.41. The van der Waals surface area contributed by atoms with Gasteiger partial charge in [-0.15, -0.1) is 0 Å². The molecule has 0 unspecified atom stereocenters. The SMILES string of the molecule is N#CCCCSCC(=O)c1ccc2c(c1)NC(=O)CO2. The lowest BCUT2D eigenvalue weighted by Crippen LogP contribution is -2.25. The normalized spacial score (nSPS) is 12.8. The lowest BCUT2D eigenvalue weighted by molar-refractivity contribution is -0.118. The highest BCUT2D eigenvalue weighted by Gasteiger charge is 2.17. The van der Waals surface area contributed by atoms with Crippen LogP contribution in [0.25, 0.3) is 0 Å². The summed E-state index contributed by atoms with van der Waals surface area (Å²) in [6.07, 6.45) is 1.31. The fourth-order valence-electron chi connectivity index (χ4n) is 1.76. The average molecular weight is 290 g/mol. The summed E-state index contributed by atoms with van der Waals surface area (Å²) < 4.78 is 5.24. The van der Waals surface area contributed by atoms with Crippen LogP contribution in [-0.4, -0.2) is 29.8 Å². The van der Waals surface area contributed by atoms with Crippen LogP contribution < -0.4 is 10.1 Å². The lowest BCUT2D eigenvalue weighted by atomic mass is 10.1. The van der Waals surface area contributed by atoms with Gasteiger partial charge in [0.15, 0.2) is 12.4 Å². The smallest absolute Gasteiger partial charge is 0.262 e. The average Bonchev–Trinajstić information content (AvgIpc) is 2.46. The van der Waals surface area contributed by atoms with Crippen molar-refractivity contribution in [2.24, 2.45) is 0 Å². The minimum absolute atomic E-state index is 0.00887. The Morgan fingerprint density at radius 2 is 2.35 bits per heavy atom. The van der Waals surface area contributed by atoms with Crippen molar-refractivity contribution in [1.29, 1.82) is 5.26 Å². The number of nitriles is 1. The Hall–Kier alpha value is -2.00. The number of benzene rings is 1. The number of fused-ring (bicyclic) bond motifs is 1. The van der Waals surface area contributed by atoms with Crippen LogP contribution in [0.1, 0.15) is 23.2 Å². The first kappa shape index (κ1) is 14.4. The van der Waals surface area contributed by atoms with Crippen molar-refractivity contribution >= 4 is 29.1 Å². The predicted octanol–water partition coefficient (Wildman–Crippen LogP) is 2.24. The minimum Gasteiger partial charge on any atom is -0.482 e. The Bertz CT molecular complexity index is 566. The van der Waals surface area contributed by atoms with E-state index in [4.69, 9.17) is 10.00 Å². The molecule has 0 bridgehead atoms. The van der Waals surface area contributed by atoms with Gasteiger partial charge in [0, 0.05) is 12.0 Å². The number of thioether (sulfide) groups is 1. The number of unbranched alkanes of at least 4 members (excludes halogenated alkanes) is 1. The number of nitrogens with one attached hydrogen (secondary N) is 1. The summed E-state index contributed by atoms with van der Waals surface area (Å²) in [7, 11) is 0. The summed E-state index contributed by atoms with van der Waals surface area (Å²) in [4.78, 5) is 23.2. The zero-order valence-electron chi connectivity index (χ0n) is 10.8. The van der Waals surface area contributed by atoms with E-state index in [-0.39, 0.29) is 18.3 Å². The number of amides is 1. The molecule has 1 aliphatic rings. The van der Waals surface area contributed by atoms with E-state index >= 15 is 0 Å². The van der Waals surface area contributed by atoms with E-state index in [9.17, 15) is 9.59 Å². The predicted molar refractivity (Wildman–Crippen MR) is 77.1 cm³/mol. The third-order valence-corrected chi connectivity index (χ3v) is 3.79. The second-order valence-electron chi connectivity index (χ2n) is 4.29. The van der Waals surface area contributed by atoms with E-state index in [1.807, 2.05) is 0 Å². The standard InChI is InChI=1S/C14H14N2O3S/c15-5-1-2-6-20-9-12(17)10-3-4-13-11(7-10)16-14(18)8-19-13/h3-4,7H,1-2,6,8-9H2,(H,16,18). The highest BCUT2D eigenvalue weighted by Crippen LogP contribution is 2.28. The number of Topliss-reactive ketones (excluding diaryl/α,β-unsaturated/α-hetero) is 1. The zero-order valence-corrected chi connectivity index (χ0v) is 11.7. The molecule has 104 valence electrons. The number of carbonyl (C=O) groups excluding carboxylic acids is 2. The number of ketones is 1. The number of hydrogen-bond donors (Lipinski definition) is 1. The number of hydrogen-bond acceptors (Lipinski definition) is 5. The van der Waals surface area contributed by atoms with Gasteiger partial charge in [-0.3, -0.25) is 9.59 Å². The number of rotatable bonds is 6. The topological polar surface area (TPSA) is 79.2 Å². The van der Waals surface area contributed by atoms with Gasteiger partial charge in [-0.05, 0) is 30.4 Å². The molecule has 0 saturated heterocycles. The van der Waals surface area contributed by atoms with Crippen molar-refractivity contribution in [2.45, 2.75) is 12.8 Å². The van der Waals surface area contributed by atoms with Crippen LogP contribution >= 0.6 is 11.8 Å². The molecule has 1 N–H and O–H groups in total. The molecule has 20 heavy (non-hydrogen) atoms. The van der Waals surface area contributed by atoms with E-state index in [0.717, 1.165) is 12.2 Å². The van der Waals surface area contributed by atoms with Gasteiger partial charge in [0.25, 0.3) is 5.91 Å². The molecule has 0 radical (unpaired) electrons. The zero-order chi connectivity index (χ0) is 14.4. The van der Waals surface area contributed by atoms with Gasteiger partial charge in [0.1, 0.15) is 5.75 Å². The minimum atomic E-state index is -0.215. The molecule has 1 heterocycles. The van der Waals surface area contributed by atoms with Crippen molar-refractivity contribution in [2.75, 3.05) is 23.4 Å². The van der Waals surface area contributed by atoms with Crippen molar-refractivity contribution < 1.29 is 14.3 Å². The number of ether oxygens (including phenoxy) is 1. The van der Waals surface area contributed by atoms with Gasteiger partial charge in [0.05, 0.1) is 17.5 Å². The fourth-order valence-corrected chi connectivity index (χ4v) is 2.60. The highest BCUT2D eigenvalue weighted by molar-refractivity contribution is 7.99. The molecule has 0 aromatic heterocycles. The lowest BCUT2D eigenvalue weighted by Gasteiger charge is -2.18. The fraction of sp³-hybridized carbons (Fsp3) is 0.357. The van der Waals surface area contributed by atoms with Gasteiger partial charge in [0.2, 0.25) is 0 Å². The molecule has 6 heteroatoms. The van der Waals surface area contributed by atoms with Gasteiger partial charge in [-0.2, -0.15) is 17.0 Å². The Kier molecular flexibility index (Phi) is 5.02. The molecular weight excluding hydrogens is 276 g/mol. The molecule has 0 atom stereocenters. The van der Waals surface area contributed by atoms with Crippen LogP contribution in [0, 0.1) is 11.3 Å². The van der Waals surface area contributed by atoms with Gasteiger partial charge in [-0.25, -0.2) is 0 Å². The van der Waals surface area contributed by atoms with Crippen LogP contribution in [-0.2, 0) is 4.79 Å². The molecule has 0 aliphatic carbocycles. The molecule has 5 nitrogen and oxygen atoms in total. The summed E-state index contributed by atoms with van der Waals surface area (Å²) in [6, 6.07) is 7.12. The van der Waals surface area contributed by atoms with Crippen LogP contribution in [0.5, 0.6) is 5.75 Å². The first-order chi connectivity index (χ1) is 9.70. The second-order valence-corrected chi connectivity index (χ2v) is 5.39. The number of nitrogens with zero attached hydrogens (tertiary/aromatic N) is 1. The molecule has 1 aromatic carbocycles. The van der Waals surface area contributed by atoms with Crippen molar-refractivity contribution in [3.63, 3.8) is 0 Å². The van der Waals surface area contributed by atoms with E-state index < -0.39 is 0 Å². The summed E-state index contributed by atoms with van der Waals surface area (Å²) in [6.45, 7) is 0.00897. The van der Waals surface area contributed by atoms with Gasteiger partial charge >= 0.3 is 0 Å². The largest absolute Gasteiger partial charge is 0.482 e. The van der Waals surface area contributed by atoms with Crippen LogP contribution in [0.4, 0.5) is 5.69 Å². The van der Waals surface area contributed by atoms with Crippen LogP contribution in [0.3, 0.4) is 0 Å². The van der Waals surface area contributed by atoms with E-state index in [0.29, 0.717) is 29.2 Å². The van der Waals surface area contributed by atoms with Crippen LogP contribution in [0.2, 0.25) is 0 Å². The Labute approximate surface area is 121 Å². The highest BCUT2D eigenvalue weighted by atomic mass is 32.2. The van der Waals surface area contributed by atoms with E-state index in [1.54, 1.807) is 18.2 Å². The van der Waals surface area contributed by atoms with E-state index in [2.05, 4.69) is 11.4 Å². The van der Waals surface area contributed by atoms with Gasteiger partial charge in [-0.1, -0.05) is 0 Å². The molecule has 0 spiro atoms. The third-order valence-electron chi connectivity index (χ3n) is 2.74. The molecule has 1 aromatic rings. The molecule has 0 fully saturated rings. The van der Waals surface area contributed by atoms with Crippen LogP contribution in [0.15, 0.2) is 18.2 Å². The Morgan fingerprint density at radius 1 is 1.50 bits per heavy atom. The summed E-state index contributed by atoms with van der Waals surface area (Å²) >= 11 is 1.51.